The van der Waals surface area contributed by atoms with Gasteiger partial charge in [-0.15, -0.1) is 10.2 Å². The standard InChI is InChI=1S/C21H17N3S/c1-24-18-14-8-9-15-19(18)25-21(20(24)16-10-4-2-5-11-16)23-22-17-12-6-3-7-13-17/h2-15H,1H3. The van der Waals surface area contributed by atoms with Crippen molar-refractivity contribution < 1.29 is 0 Å². The van der Waals surface area contributed by atoms with Gasteiger partial charge < -0.3 is 4.90 Å². The molecule has 1 heterocycles. The molecule has 0 atom stereocenters. The Bertz CT molecular complexity index is 934. The summed E-state index contributed by atoms with van der Waals surface area (Å²) < 4.78 is 0. The number of nitrogens with zero attached hydrogens (tertiary/aromatic N) is 3. The summed E-state index contributed by atoms with van der Waals surface area (Å²) in [5.74, 6) is 0. The lowest BCUT2D eigenvalue weighted by atomic mass is 10.1. The quantitative estimate of drug-likeness (QED) is 0.519. The Labute approximate surface area is 151 Å². The van der Waals surface area contributed by atoms with E-state index in [-0.39, 0.29) is 0 Å². The summed E-state index contributed by atoms with van der Waals surface area (Å²) in [6.07, 6.45) is 0. The van der Waals surface area contributed by atoms with Crippen molar-refractivity contribution in [1.82, 2.24) is 0 Å². The van der Waals surface area contributed by atoms with Crippen LogP contribution in [0.5, 0.6) is 0 Å². The Morgan fingerprint density at radius 3 is 2.12 bits per heavy atom. The van der Waals surface area contributed by atoms with Crippen LogP contribution < -0.4 is 4.90 Å². The first-order chi connectivity index (χ1) is 12.3. The lowest BCUT2D eigenvalue weighted by Gasteiger charge is -2.30. The first kappa shape index (κ1) is 15.7. The van der Waals surface area contributed by atoms with E-state index >= 15 is 0 Å². The van der Waals surface area contributed by atoms with Crippen molar-refractivity contribution in [2.24, 2.45) is 10.2 Å². The van der Waals surface area contributed by atoms with Crippen LogP contribution in [0.4, 0.5) is 11.4 Å². The number of thioether (sulfide) groups is 1. The average Bonchev–Trinajstić information content (AvgIpc) is 2.68. The molecule has 25 heavy (non-hydrogen) atoms. The van der Waals surface area contributed by atoms with E-state index in [9.17, 15) is 0 Å². The molecule has 4 rings (SSSR count). The van der Waals surface area contributed by atoms with Crippen LogP contribution in [0.25, 0.3) is 5.70 Å². The number of hydrogen-bond acceptors (Lipinski definition) is 4. The fourth-order valence-corrected chi connectivity index (χ4v) is 3.91. The normalized spacial score (nSPS) is 14.0. The molecule has 0 bridgehead atoms. The number of benzene rings is 3. The maximum Gasteiger partial charge on any atom is 0.148 e. The zero-order valence-electron chi connectivity index (χ0n) is 13.8. The zero-order chi connectivity index (χ0) is 17.1. The smallest absolute Gasteiger partial charge is 0.148 e. The highest BCUT2D eigenvalue weighted by Gasteiger charge is 2.24. The van der Waals surface area contributed by atoms with Gasteiger partial charge in [0.1, 0.15) is 5.03 Å². The van der Waals surface area contributed by atoms with Gasteiger partial charge in [0.05, 0.1) is 17.1 Å². The van der Waals surface area contributed by atoms with Crippen molar-refractivity contribution >= 4 is 28.8 Å². The van der Waals surface area contributed by atoms with E-state index in [1.807, 2.05) is 48.5 Å². The van der Waals surface area contributed by atoms with Crippen LogP contribution in [0, 0.1) is 0 Å². The van der Waals surface area contributed by atoms with E-state index in [0.29, 0.717) is 0 Å². The monoisotopic (exact) mass is 343 g/mol. The fourth-order valence-electron chi connectivity index (χ4n) is 2.82. The van der Waals surface area contributed by atoms with Gasteiger partial charge in [0, 0.05) is 17.5 Å². The van der Waals surface area contributed by atoms with Crippen molar-refractivity contribution in [3.63, 3.8) is 0 Å². The topological polar surface area (TPSA) is 28.0 Å². The molecule has 0 fully saturated rings. The van der Waals surface area contributed by atoms with Gasteiger partial charge in [0.15, 0.2) is 0 Å². The van der Waals surface area contributed by atoms with Gasteiger partial charge in [-0.1, -0.05) is 72.4 Å². The summed E-state index contributed by atoms with van der Waals surface area (Å²) in [4.78, 5) is 3.38. The minimum atomic E-state index is 0.851. The van der Waals surface area contributed by atoms with Gasteiger partial charge in [-0.3, -0.25) is 0 Å². The first-order valence-corrected chi connectivity index (χ1v) is 8.92. The number of para-hydroxylation sites is 1. The molecule has 4 heteroatoms. The van der Waals surface area contributed by atoms with Crippen LogP contribution in [0.15, 0.2) is 105 Å². The fraction of sp³-hybridized carbons (Fsp3) is 0.0476. The molecule has 1 aliphatic rings. The summed E-state index contributed by atoms with van der Waals surface area (Å²) in [5.41, 5.74) is 4.24. The van der Waals surface area contributed by atoms with Crippen molar-refractivity contribution in [1.29, 1.82) is 0 Å². The molecule has 0 spiro atoms. The molecule has 122 valence electrons. The predicted octanol–water partition coefficient (Wildman–Crippen LogP) is 6.34. The summed E-state index contributed by atoms with van der Waals surface area (Å²) in [7, 11) is 2.08. The van der Waals surface area contributed by atoms with E-state index < -0.39 is 0 Å². The van der Waals surface area contributed by atoms with Gasteiger partial charge in [0.25, 0.3) is 0 Å². The second-order valence-corrected chi connectivity index (χ2v) is 6.71. The molecule has 3 aromatic carbocycles. The molecular formula is C21H17N3S. The largest absolute Gasteiger partial charge is 0.341 e. The van der Waals surface area contributed by atoms with Gasteiger partial charge in [-0.25, -0.2) is 0 Å². The molecule has 0 unspecified atom stereocenters. The number of fused-ring (bicyclic) bond motifs is 1. The highest BCUT2D eigenvalue weighted by molar-refractivity contribution is 8.03. The minimum Gasteiger partial charge on any atom is -0.341 e. The highest BCUT2D eigenvalue weighted by atomic mass is 32.2. The second kappa shape index (κ2) is 6.95. The molecule has 3 nitrogen and oxygen atoms in total. The van der Waals surface area contributed by atoms with Gasteiger partial charge in [-0.05, 0) is 24.3 Å². The summed E-state index contributed by atoms with van der Waals surface area (Å²) in [6.45, 7) is 0. The van der Waals surface area contributed by atoms with Crippen molar-refractivity contribution in [3.8, 4) is 0 Å². The number of anilines is 1. The summed E-state index contributed by atoms with van der Waals surface area (Å²) in [5, 5.41) is 9.92. The number of azo groups is 1. The summed E-state index contributed by atoms with van der Waals surface area (Å²) in [6, 6.07) is 28.5. The van der Waals surface area contributed by atoms with E-state index in [0.717, 1.165) is 22.0 Å². The van der Waals surface area contributed by atoms with Crippen molar-refractivity contribution in [3.05, 3.63) is 95.5 Å². The Balaban J connectivity index is 1.82. The maximum atomic E-state index is 4.59. The molecule has 0 saturated carbocycles. The molecule has 0 saturated heterocycles. The van der Waals surface area contributed by atoms with Crippen LogP contribution >= 0.6 is 11.8 Å². The second-order valence-electron chi connectivity index (χ2n) is 5.68. The molecule has 0 aromatic heterocycles. The average molecular weight is 343 g/mol. The van der Waals surface area contributed by atoms with Crippen LogP contribution in [-0.2, 0) is 0 Å². The van der Waals surface area contributed by atoms with Gasteiger partial charge in [0.2, 0.25) is 0 Å². The third kappa shape index (κ3) is 3.21. The van der Waals surface area contributed by atoms with Gasteiger partial charge >= 0.3 is 0 Å². The minimum absolute atomic E-state index is 0.851. The third-order valence-corrected chi connectivity index (χ3v) is 5.06. The molecule has 0 radical (unpaired) electrons. The lowest BCUT2D eigenvalue weighted by Crippen LogP contribution is -2.19. The van der Waals surface area contributed by atoms with Gasteiger partial charge in [-0.2, -0.15) is 0 Å². The Hall–Kier alpha value is -2.85. The Morgan fingerprint density at radius 2 is 1.36 bits per heavy atom. The van der Waals surface area contributed by atoms with E-state index in [1.54, 1.807) is 11.8 Å². The predicted molar refractivity (Wildman–Crippen MR) is 105 cm³/mol. The van der Waals surface area contributed by atoms with Crippen LogP contribution in [0.1, 0.15) is 5.56 Å². The number of rotatable bonds is 3. The maximum absolute atomic E-state index is 4.59. The molecule has 1 aliphatic heterocycles. The molecular weight excluding hydrogens is 326 g/mol. The SMILES string of the molecule is CN1C(c2ccccc2)=C(N=Nc2ccccc2)Sc2ccccc21. The Morgan fingerprint density at radius 1 is 0.720 bits per heavy atom. The van der Waals surface area contributed by atoms with Crippen molar-refractivity contribution in [2.75, 3.05) is 11.9 Å². The highest BCUT2D eigenvalue weighted by Crippen LogP contribution is 2.46. The Kier molecular flexibility index (Phi) is 4.36. The van der Waals surface area contributed by atoms with E-state index in [4.69, 9.17) is 0 Å². The first-order valence-electron chi connectivity index (χ1n) is 8.10. The third-order valence-electron chi connectivity index (χ3n) is 4.03. The van der Waals surface area contributed by atoms with Crippen LogP contribution in [-0.4, -0.2) is 7.05 Å². The summed E-state index contributed by atoms with van der Waals surface area (Å²) >= 11 is 1.66. The van der Waals surface area contributed by atoms with Crippen LogP contribution in [0.2, 0.25) is 0 Å². The zero-order valence-corrected chi connectivity index (χ0v) is 14.6. The van der Waals surface area contributed by atoms with Crippen molar-refractivity contribution in [2.45, 2.75) is 4.90 Å². The molecule has 3 aromatic rings. The molecule has 0 N–H and O–H groups in total. The molecule has 0 amide bonds. The van der Waals surface area contributed by atoms with E-state index in [1.165, 1.54) is 10.6 Å². The van der Waals surface area contributed by atoms with E-state index in [2.05, 4.69) is 58.6 Å². The van der Waals surface area contributed by atoms with Crippen LogP contribution in [0.3, 0.4) is 0 Å². The lowest BCUT2D eigenvalue weighted by molar-refractivity contribution is 1.12. The number of hydrogen-bond donors (Lipinski definition) is 0. The molecule has 0 aliphatic carbocycles.